The summed E-state index contributed by atoms with van der Waals surface area (Å²) in [5.74, 6) is 0.462. The van der Waals surface area contributed by atoms with E-state index in [1.165, 1.54) is 30.5 Å². The number of benzene rings is 1. The number of carbonyl (C=O) groups is 1. The summed E-state index contributed by atoms with van der Waals surface area (Å²) in [6.45, 7) is 5.53. The van der Waals surface area contributed by atoms with Crippen LogP contribution in [0.1, 0.15) is 43.7 Å². The van der Waals surface area contributed by atoms with Gasteiger partial charge in [0.25, 0.3) is 0 Å². The van der Waals surface area contributed by atoms with Crippen LogP contribution in [0.2, 0.25) is 0 Å². The number of rotatable bonds is 6. The number of hydrogen-bond donors (Lipinski definition) is 1. The SMILES string of the molecule is CCc1ccccc1CN1CCCC(CCC(N)=O)C1. The first-order chi connectivity index (χ1) is 9.69. The molecule has 1 atom stereocenters. The Morgan fingerprint density at radius 2 is 2.10 bits per heavy atom. The lowest BCUT2D eigenvalue weighted by Gasteiger charge is -2.33. The molecule has 2 N–H and O–H groups in total. The minimum absolute atomic E-state index is 0.168. The van der Waals surface area contributed by atoms with Crippen molar-refractivity contribution >= 4 is 5.91 Å². The molecule has 1 unspecified atom stereocenters. The predicted octanol–water partition coefficient (Wildman–Crippen LogP) is 2.73. The van der Waals surface area contributed by atoms with E-state index < -0.39 is 0 Å². The van der Waals surface area contributed by atoms with E-state index in [1.54, 1.807) is 0 Å². The maximum atomic E-state index is 10.9. The molecule has 0 bridgehead atoms. The number of piperidine rings is 1. The van der Waals surface area contributed by atoms with E-state index in [4.69, 9.17) is 5.73 Å². The zero-order chi connectivity index (χ0) is 14.4. The minimum atomic E-state index is -0.168. The van der Waals surface area contributed by atoms with E-state index in [0.717, 1.165) is 25.9 Å². The molecule has 1 aliphatic rings. The van der Waals surface area contributed by atoms with Crippen LogP contribution < -0.4 is 5.73 Å². The fraction of sp³-hybridized carbons (Fsp3) is 0.588. The highest BCUT2D eigenvalue weighted by Crippen LogP contribution is 2.23. The van der Waals surface area contributed by atoms with E-state index >= 15 is 0 Å². The number of aryl methyl sites for hydroxylation is 1. The monoisotopic (exact) mass is 274 g/mol. The highest BCUT2D eigenvalue weighted by Gasteiger charge is 2.20. The average molecular weight is 274 g/mol. The largest absolute Gasteiger partial charge is 0.370 e. The van der Waals surface area contributed by atoms with Gasteiger partial charge in [0.1, 0.15) is 0 Å². The summed E-state index contributed by atoms with van der Waals surface area (Å²) >= 11 is 0. The molecule has 0 radical (unpaired) electrons. The number of primary amides is 1. The van der Waals surface area contributed by atoms with Gasteiger partial charge in [0, 0.05) is 19.5 Å². The van der Waals surface area contributed by atoms with Crippen LogP contribution in [0, 0.1) is 5.92 Å². The molecular weight excluding hydrogens is 248 g/mol. The highest BCUT2D eigenvalue weighted by atomic mass is 16.1. The number of nitrogens with zero attached hydrogens (tertiary/aromatic N) is 1. The van der Waals surface area contributed by atoms with Gasteiger partial charge in [-0.25, -0.2) is 0 Å². The lowest BCUT2D eigenvalue weighted by Crippen LogP contribution is -2.35. The zero-order valence-corrected chi connectivity index (χ0v) is 12.5. The summed E-state index contributed by atoms with van der Waals surface area (Å²) < 4.78 is 0. The lowest BCUT2D eigenvalue weighted by atomic mass is 9.92. The molecule has 0 aromatic heterocycles. The van der Waals surface area contributed by atoms with Gasteiger partial charge in [-0.1, -0.05) is 31.2 Å². The second kappa shape index (κ2) is 7.44. The molecule has 1 saturated heterocycles. The average Bonchev–Trinajstić information content (AvgIpc) is 2.46. The lowest BCUT2D eigenvalue weighted by molar-refractivity contribution is -0.118. The van der Waals surface area contributed by atoms with E-state index in [2.05, 4.69) is 36.1 Å². The summed E-state index contributed by atoms with van der Waals surface area (Å²) in [6.07, 6.45) is 5.04. The van der Waals surface area contributed by atoms with Crippen LogP contribution in [0.4, 0.5) is 0 Å². The number of amides is 1. The maximum absolute atomic E-state index is 10.9. The fourth-order valence-corrected chi connectivity index (χ4v) is 3.17. The second-order valence-electron chi connectivity index (χ2n) is 5.87. The van der Waals surface area contributed by atoms with Crippen LogP contribution in [0.15, 0.2) is 24.3 Å². The number of carbonyl (C=O) groups excluding carboxylic acids is 1. The van der Waals surface area contributed by atoms with Gasteiger partial charge in [-0.3, -0.25) is 9.69 Å². The molecule has 1 aromatic rings. The van der Waals surface area contributed by atoms with E-state index in [0.29, 0.717) is 12.3 Å². The molecular formula is C17H26N2O. The molecule has 1 aromatic carbocycles. The zero-order valence-electron chi connectivity index (χ0n) is 12.5. The Labute approximate surface area is 122 Å². The summed E-state index contributed by atoms with van der Waals surface area (Å²) in [4.78, 5) is 13.4. The van der Waals surface area contributed by atoms with Crippen molar-refractivity contribution in [1.82, 2.24) is 4.90 Å². The Balaban J connectivity index is 1.90. The van der Waals surface area contributed by atoms with Gasteiger partial charge < -0.3 is 5.73 Å². The molecule has 110 valence electrons. The van der Waals surface area contributed by atoms with Crippen molar-refractivity contribution in [1.29, 1.82) is 0 Å². The molecule has 1 heterocycles. The molecule has 1 fully saturated rings. The van der Waals surface area contributed by atoms with Gasteiger partial charge in [-0.15, -0.1) is 0 Å². The molecule has 3 nitrogen and oxygen atoms in total. The Kier molecular flexibility index (Phi) is 5.60. The smallest absolute Gasteiger partial charge is 0.217 e. The minimum Gasteiger partial charge on any atom is -0.370 e. The predicted molar refractivity (Wildman–Crippen MR) is 82.2 cm³/mol. The van der Waals surface area contributed by atoms with Crippen LogP contribution in [0.25, 0.3) is 0 Å². The van der Waals surface area contributed by atoms with Crippen LogP contribution in [-0.2, 0) is 17.8 Å². The number of hydrogen-bond acceptors (Lipinski definition) is 2. The van der Waals surface area contributed by atoms with Crippen molar-refractivity contribution in [3.05, 3.63) is 35.4 Å². The van der Waals surface area contributed by atoms with Crippen LogP contribution in [0.5, 0.6) is 0 Å². The molecule has 1 aliphatic heterocycles. The van der Waals surface area contributed by atoms with E-state index in [1.807, 2.05) is 0 Å². The van der Waals surface area contributed by atoms with Gasteiger partial charge in [0.05, 0.1) is 0 Å². The third kappa shape index (κ3) is 4.34. The Hall–Kier alpha value is -1.35. The third-order valence-corrected chi connectivity index (χ3v) is 4.30. The van der Waals surface area contributed by atoms with Gasteiger partial charge >= 0.3 is 0 Å². The van der Waals surface area contributed by atoms with E-state index in [9.17, 15) is 4.79 Å². The van der Waals surface area contributed by atoms with Gasteiger partial charge in [-0.2, -0.15) is 0 Å². The highest BCUT2D eigenvalue weighted by molar-refractivity contribution is 5.73. The van der Waals surface area contributed by atoms with Crippen molar-refractivity contribution in [3.8, 4) is 0 Å². The van der Waals surface area contributed by atoms with Gasteiger partial charge in [-0.05, 0) is 49.3 Å². The van der Waals surface area contributed by atoms with Crippen molar-refractivity contribution in [2.75, 3.05) is 13.1 Å². The molecule has 0 aliphatic carbocycles. The second-order valence-corrected chi connectivity index (χ2v) is 5.87. The number of likely N-dealkylation sites (tertiary alicyclic amines) is 1. The fourth-order valence-electron chi connectivity index (χ4n) is 3.17. The third-order valence-electron chi connectivity index (χ3n) is 4.30. The number of nitrogens with two attached hydrogens (primary N) is 1. The Morgan fingerprint density at radius 1 is 1.35 bits per heavy atom. The first kappa shape index (κ1) is 15.0. The van der Waals surface area contributed by atoms with Crippen molar-refractivity contribution in [3.63, 3.8) is 0 Å². The quantitative estimate of drug-likeness (QED) is 0.867. The molecule has 20 heavy (non-hydrogen) atoms. The summed E-state index contributed by atoms with van der Waals surface area (Å²) in [5, 5.41) is 0. The maximum Gasteiger partial charge on any atom is 0.217 e. The molecule has 0 saturated carbocycles. The van der Waals surface area contributed by atoms with Gasteiger partial charge in [0.2, 0.25) is 5.91 Å². The van der Waals surface area contributed by atoms with Crippen LogP contribution in [0.3, 0.4) is 0 Å². The molecule has 2 rings (SSSR count). The summed E-state index contributed by atoms with van der Waals surface area (Å²) in [7, 11) is 0. The van der Waals surface area contributed by atoms with Crippen LogP contribution in [-0.4, -0.2) is 23.9 Å². The topological polar surface area (TPSA) is 46.3 Å². The summed E-state index contributed by atoms with van der Waals surface area (Å²) in [6, 6.07) is 8.72. The van der Waals surface area contributed by atoms with Crippen LogP contribution >= 0.6 is 0 Å². The normalized spacial score (nSPS) is 19.9. The van der Waals surface area contributed by atoms with Gasteiger partial charge in [0.15, 0.2) is 0 Å². The molecule has 1 amide bonds. The first-order valence-corrected chi connectivity index (χ1v) is 7.76. The van der Waals surface area contributed by atoms with Crippen molar-refractivity contribution in [2.24, 2.45) is 11.7 Å². The van der Waals surface area contributed by atoms with E-state index in [-0.39, 0.29) is 5.91 Å². The standard InChI is InChI=1S/C17H26N2O/c1-2-15-7-3-4-8-16(15)13-19-11-5-6-14(12-19)9-10-17(18)20/h3-4,7-8,14H,2,5-6,9-13H2,1H3,(H2,18,20). The Bertz CT molecular complexity index is 444. The molecule has 0 spiro atoms. The van der Waals surface area contributed by atoms with Crippen molar-refractivity contribution < 1.29 is 4.79 Å². The summed E-state index contributed by atoms with van der Waals surface area (Å²) in [5.41, 5.74) is 8.15. The molecule has 3 heteroatoms. The Morgan fingerprint density at radius 3 is 2.80 bits per heavy atom. The van der Waals surface area contributed by atoms with Crippen molar-refractivity contribution in [2.45, 2.75) is 45.6 Å². The first-order valence-electron chi connectivity index (χ1n) is 7.76.